The van der Waals surface area contributed by atoms with Gasteiger partial charge in [0.2, 0.25) is 0 Å². The summed E-state index contributed by atoms with van der Waals surface area (Å²) in [5.41, 5.74) is 7.27. The number of H-pyrrole nitrogens is 1. The first-order chi connectivity index (χ1) is 15.8. The summed E-state index contributed by atoms with van der Waals surface area (Å²) in [7, 11) is 0. The summed E-state index contributed by atoms with van der Waals surface area (Å²) >= 11 is 0. The Kier molecular flexibility index (Phi) is 4.81. The van der Waals surface area contributed by atoms with Gasteiger partial charge in [-0.3, -0.25) is 9.88 Å². The van der Waals surface area contributed by atoms with Crippen LogP contribution in [0.5, 0.6) is 0 Å². The van der Waals surface area contributed by atoms with Crippen molar-refractivity contribution in [3.63, 3.8) is 0 Å². The van der Waals surface area contributed by atoms with Crippen LogP contribution in [0.1, 0.15) is 16.7 Å². The highest BCUT2D eigenvalue weighted by atomic mass is 15.1. The summed E-state index contributed by atoms with van der Waals surface area (Å²) in [5, 5.41) is 5.94. The molecule has 5 nitrogen and oxygen atoms in total. The first-order valence-electron chi connectivity index (χ1n) is 11.2. The molecule has 0 spiro atoms. The number of nitrogens with one attached hydrogen (secondary N) is 2. The number of benzene rings is 2. The molecule has 0 fully saturated rings. The lowest BCUT2D eigenvalue weighted by atomic mass is 10.00. The largest absolute Gasteiger partial charge is 0.361 e. The number of nitrogens with zero attached hydrogens (tertiary/aromatic N) is 3. The van der Waals surface area contributed by atoms with Gasteiger partial charge in [-0.15, -0.1) is 0 Å². The number of anilines is 2. The summed E-state index contributed by atoms with van der Waals surface area (Å²) in [4.78, 5) is 15.0. The highest BCUT2D eigenvalue weighted by Crippen LogP contribution is 2.28. The molecular weight excluding hydrogens is 394 g/mol. The Bertz CT molecular complexity index is 1400. The smallest absolute Gasteiger partial charge is 0.133 e. The number of fused-ring (bicyclic) bond motifs is 3. The molecule has 0 amide bonds. The van der Waals surface area contributed by atoms with E-state index in [-0.39, 0.29) is 0 Å². The fourth-order valence-corrected chi connectivity index (χ4v) is 4.67. The Balaban J connectivity index is 1.16. The molecule has 0 saturated carbocycles. The van der Waals surface area contributed by atoms with Gasteiger partial charge in [-0.1, -0.05) is 24.3 Å². The van der Waals surface area contributed by atoms with Crippen molar-refractivity contribution < 1.29 is 0 Å². The van der Waals surface area contributed by atoms with Gasteiger partial charge in [-0.2, -0.15) is 0 Å². The third-order valence-electron chi connectivity index (χ3n) is 6.41. The molecule has 1 aliphatic heterocycles. The highest BCUT2D eigenvalue weighted by Gasteiger charge is 2.19. The maximum atomic E-state index is 4.65. The van der Waals surface area contributed by atoms with E-state index < -0.39 is 0 Å². The van der Waals surface area contributed by atoms with Crippen molar-refractivity contribution in [2.75, 3.05) is 18.4 Å². The van der Waals surface area contributed by atoms with Gasteiger partial charge >= 0.3 is 0 Å². The monoisotopic (exact) mass is 419 g/mol. The Morgan fingerprint density at radius 2 is 1.94 bits per heavy atom. The summed E-state index contributed by atoms with van der Waals surface area (Å²) in [6.07, 6.45) is 7.88. The quantitative estimate of drug-likeness (QED) is 0.397. The highest BCUT2D eigenvalue weighted by molar-refractivity contribution is 5.82. The maximum absolute atomic E-state index is 4.65. The Morgan fingerprint density at radius 1 is 0.969 bits per heavy atom. The van der Waals surface area contributed by atoms with E-state index in [2.05, 4.69) is 67.6 Å². The Hall–Kier alpha value is -3.70. The number of hydrogen-bond acceptors (Lipinski definition) is 4. The van der Waals surface area contributed by atoms with Crippen LogP contribution in [0.3, 0.4) is 0 Å². The van der Waals surface area contributed by atoms with Crippen LogP contribution in [-0.4, -0.2) is 32.9 Å². The first-order valence-corrected chi connectivity index (χ1v) is 11.2. The van der Waals surface area contributed by atoms with Gasteiger partial charge in [0, 0.05) is 48.5 Å². The summed E-state index contributed by atoms with van der Waals surface area (Å²) in [5.74, 6) is 0.956. The molecule has 3 aromatic heterocycles. The third-order valence-corrected chi connectivity index (χ3v) is 6.41. The predicted octanol–water partition coefficient (Wildman–Crippen LogP) is 5.46. The van der Waals surface area contributed by atoms with Crippen LogP contribution >= 0.6 is 0 Å². The first kappa shape index (κ1) is 19.0. The van der Waals surface area contributed by atoms with Crippen LogP contribution in [0.15, 0.2) is 79.3 Å². The van der Waals surface area contributed by atoms with Crippen LogP contribution in [0.4, 0.5) is 11.5 Å². The average molecular weight is 420 g/mol. The second-order valence-corrected chi connectivity index (χ2v) is 8.51. The van der Waals surface area contributed by atoms with Crippen molar-refractivity contribution in [2.24, 2.45) is 0 Å². The second kappa shape index (κ2) is 8.09. The fraction of sp³-hybridized carbons (Fsp3) is 0.185. The van der Waals surface area contributed by atoms with Gasteiger partial charge in [-0.05, 0) is 65.8 Å². The number of para-hydroxylation sites is 1. The number of hydrogen-bond donors (Lipinski definition) is 2. The Morgan fingerprint density at radius 3 is 2.94 bits per heavy atom. The molecule has 158 valence electrons. The van der Waals surface area contributed by atoms with E-state index in [1.54, 1.807) is 0 Å². The fourth-order valence-electron chi connectivity index (χ4n) is 4.67. The van der Waals surface area contributed by atoms with Crippen molar-refractivity contribution in [3.8, 4) is 0 Å². The lowest BCUT2D eigenvalue weighted by Crippen LogP contribution is -2.32. The molecule has 0 radical (unpaired) electrons. The molecule has 4 heterocycles. The molecule has 5 aromatic rings. The molecule has 0 atom stereocenters. The second-order valence-electron chi connectivity index (χ2n) is 8.51. The molecule has 0 saturated heterocycles. The molecule has 5 heteroatoms. The molecular formula is C27H25N5. The average Bonchev–Trinajstić information content (AvgIpc) is 3.31. The van der Waals surface area contributed by atoms with Crippen LogP contribution in [0.25, 0.3) is 21.8 Å². The van der Waals surface area contributed by atoms with Gasteiger partial charge < -0.3 is 10.3 Å². The van der Waals surface area contributed by atoms with Gasteiger partial charge in [0.25, 0.3) is 0 Å². The Labute approximate surface area is 187 Å². The molecule has 32 heavy (non-hydrogen) atoms. The van der Waals surface area contributed by atoms with E-state index in [0.29, 0.717) is 0 Å². The van der Waals surface area contributed by atoms with E-state index >= 15 is 0 Å². The van der Waals surface area contributed by atoms with E-state index in [1.165, 1.54) is 27.6 Å². The molecule has 2 aromatic carbocycles. The topological polar surface area (TPSA) is 56.8 Å². The van der Waals surface area contributed by atoms with Crippen molar-refractivity contribution in [2.45, 2.75) is 19.4 Å². The lowest BCUT2D eigenvalue weighted by Gasteiger charge is -2.29. The molecule has 0 bridgehead atoms. The van der Waals surface area contributed by atoms with Crippen LogP contribution in [-0.2, 0) is 19.4 Å². The summed E-state index contributed by atoms with van der Waals surface area (Å²) in [6.45, 7) is 3.08. The zero-order valence-electron chi connectivity index (χ0n) is 17.9. The van der Waals surface area contributed by atoms with E-state index in [9.17, 15) is 0 Å². The normalized spacial score (nSPS) is 14.0. The standard InChI is InChI=1S/C27H25N5/c1-2-4-25-20(3-1)16-23(17-30-25)31-27-24-10-14-32(18-22(24)8-12-29-27)13-9-19-5-6-26-21(15-19)7-11-28-26/h1-8,11-12,15-17,28H,9-10,13-14,18H2,(H,29,31). The third kappa shape index (κ3) is 3.72. The lowest BCUT2D eigenvalue weighted by molar-refractivity contribution is 0.257. The molecule has 0 aliphatic carbocycles. The minimum atomic E-state index is 0.956. The molecule has 6 rings (SSSR count). The zero-order chi connectivity index (χ0) is 21.3. The van der Waals surface area contributed by atoms with Crippen molar-refractivity contribution in [3.05, 3.63) is 95.9 Å². The van der Waals surface area contributed by atoms with Gasteiger partial charge in [0.05, 0.1) is 17.4 Å². The van der Waals surface area contributed by atoms with Gasteiger partial charge in [-0.25, -0.2) is 4.98 Å². The summed E-state index contributed by atoms with van der Waals surface area (Å²) in [6, 6.07) is 21.3. The number of pyridine rings is 2. The van der Waals surface area contributed by atoms with Crippen LogP contribution in [0, 0.1) is 0 Å². The van der Waals surface area contributed by atoms with Crippen molar-refractivity contribution in [1.29, 1.82) is 0 Å². The van der Waals surface area contributed by atoms with Crippen LogP contribution in [0.2, 0.25) is 0 Å². The number of aromatic amines is 1. The maximum Gasteiger partial charge on any atom is 0.133 e. The predicted molar refractivity (Wildman–Crippen MR) is 130 cm³/mol. The molecule has 1 aliphatic rings. The van der Waals surface area contributed by atoms with Gasteiger partial charge in [0.15, 0.2) is 0 Å². The van der Waals surface area contributed by atoms with Crippen molar-refractivity contribution in [1.82, 2.24) is 19.9 Å². The summed E-state index contributed by atoms with van der Waals surface area (Å²) < 4.78 is 0. The van der Waals surface area contributed by atoms with E-state index in [0.717, 1.165) is 54.9 Å². The minimum absolute atomic E-state index is 0.956. The van der Waals surface area contributed by atoms with E-state index in [4.69, 9.17) is 0 Å². The minimum Gasteiger partial charge on any atom is -0.361 e. The molecule has 0 unspecified atom stereocenters. The van der Waals surface area contributed by atoms with Gasteiger partial charge in [0.1, 0.15) is 5.82 Å². The number of rotatable bonds is 5. The number of aromatic nitrogens is 3. The van der Waals surface area contributed by atoms with Crippen molar-refractivity contribution >= 4 is 33.3 Å². The SMILES string of the molecule is c1ccc2ncc(Nc3nccc4c3CCN(CCc3ccc5[nH]ccc5c3)C4)cc2c1. The van der Waals surface area contributed by atoms with E-state index in [1.807, 2.05) is 36.8 Å². The van der Waals surface area contributed by atoms with Crippen LogP contribution < -0.4 is 5.32 Å². The zero-order valence-corrected chi connectivity index (χ0v) is 17.9. The molecule has 2 N–H and O–H groups in total.